The molecule has 2 aromatic rings. The van der Waals surface area contributed by atoms with Crippen LogP contribution >= 0.6 is 0 Å². The molecule has 0 aromatic heterocycles. The second-order valence-electron chi connectivity index (χ2n) is 7.10. The van der Waals surface area contributed by atoms with Crippen molar-refractivity contribution in [2.75, 3.05) is 0 Å². The average molecular weight is 348 g/mol. The van der Waals surface area contributed by atoms with Crippen LogP contribution in [0.2, 0.25) is 0 Å². The summed E-state index contributed by atoms with van der Waals surface area (Å²) in [5.74, 6) is 0.533. The molecular formula is C21H24N4O. The Bertz CT molecular complexity index is 735. The minimum absolute atomic E-state index is 0.173. The Hall–Kier alpha value is -2.66. The number of piperidine rings is 1. The van der Waals surface area contributed by atoms with Crippen LogP contribution in [0, 0.1) is 11.8 Å². The molecule has 5 heteroatoms. The lowest BCUT2D eigenvalue weighted by Gasteiger charge is -2.47. The molecule has 2 amide bonds. The predicted molar refractivity (Wildman–Crippen MR) is 102 cm³/mol. The average Bonchev–Trinajstić information content (AvgIpc) is 2.68. The first-order chi connectivity index (χ1) is 12.7. The maximum absolute atomic E-state index is 11.3. The number of fused-ring (bicyclic) bond motifs is 2. The molecule has 2 aromatic carbocycles. The zero-order valence-electron chi connectivity index (χ0n) is 14.6. The van der Waals surface area contributed by atoms with Crippen LogP contribution in [0.15, 0.2) is 65.8 Å². The summed E-state index contributed by atoms with van der Waals surface area (Å²) in [5.41, 5.74) is 11.3. The van der Waals surface area contributed by atoms with Gasteiger partial charge in [0.05, 0.1) is 0 Å². The minimum atomic E-state index is -0.610. The number of benzene rings is 2. The first-order valence-electron chi connectivity index (χ1n) is 9.23. The number of nitrogens with one attached hydrogen (secondary N) is 2. The number of hydrogen-bond donors (Lipinski definition) is 3. The second kappa shape index (κ2) is 7.30. The number of urea groups is 1. The summed E-state index contributed by atoms with van der Waals surface area (Å²) in [4.78, 5) is 11.3. The van der Waals surface area contributed by atoms with Gasteiger partial charge < -0.3 is 11.1 Å². The fourth-order valence-corrected chi connectivity index (χ4v) is 4.49. The predicted octanol–water partition coefficient (Wildman–Crippen LogP) is 3.51. The second-order valence-corrected chi connectivity index (χ2v) is 7.10. The molecule has 1 heterocycles. The van der Waals surface area contributed by atoms with E-state index in [1.165, 1.54) is 17.5 Å². The van der Waals surface area contributed by atoms with Crippen LogP contribution < -0.4 is 16.5 Å². The van der Waals surface area contributed by atoms with Gasteiger partial charge in [-0.1, -0.05) is 67.1 Å². The molecule has 1 aliphatic heterocycles. The van der Waals surface area contributed by atoms with Crippen molar-refractivity contribution in [2.45, 2.75) is 31.3 Å². The van der Waals surface area contributed by atoms with Gasteiger partial charge in [0.15, 0.2) is 0 Å². The molecule has 5 nitrogen and oxygen atoms in total. The molecule has 134 valence electrons. The van der Waals surface area contributed by atoms with Gasteiger partial charge in [0, 0.05) is 29.6 Å². The molecular weight excluding hydrogens is 324 g/mol. The van der Waals surface area contributed by atoms with Crippen molar-refractivity contribution < 1.29 is 4.79 Å². The van der Waals surface area contributed by atoms with E-state index in [9.17, 15) is 4.79 Å². The molecule has 4 N–H and O–H groups in total. The summed E-state index contributed by atoms with van der Waals surface area (Å²) >= 11 is 0. The quantitative estimate of drug-likeness (QED) is 0.742. The summed E-state index contributed by atoms with van der Waals surface area (Å²) in [5, 5.41) is 8.35. The summed E-state index contributed by atoms with van der Waals surface area (Å²) in [6.45, 7) is 0. The zero-order valence-corrected chi connectivity index (χ0v) is 14.6. The van der Waals surface area contributed by atoms with Crippen molar-refractivity contribution in [1.82, 2.24) is 10.7 Å². The van der Waals surface area contributed by atoms with Crippen LogP contribution in [0.4, 0.5) is 4.79 Å². The van der Waals surface area contributed by atoms with E-state index in [0.717, 1.165) is 18.6 Å². The third-order valence-electron chi connectivity index (χ3n) is 5.57. The first kappa shape index (κ1) is 16.8. The van der Waals surface area contributed by atoms with E-state index in [1.54, 1.807) is 0 Å². The highest BCUT2D eigenvalue weighted by molar-refractivity contribution is 5.92. The lowest BCUT2D eigenvalue weighted by Crippen LogP contribution is -2.51. The molecule has 2 fully saturated rings. The Balaban J connectivity index is 1.76. The van der Waals surface area contributed by atoms with Crippen molar-refractivity contribution in [3.05, 3.63) is 71.8 Å². The third-order valence-corrected chi connectivity index (χ3v) is 5.57. The molecule has 4 rings (SSSR count). The highest BCUT2D eigenvalue weighted by Crippen LogP contribution is 2.46. The molecule has 2 aliphatic rings. The topological polar surface area (TPSA) is 79.5 Å². The first-order valence-corrected chi connectivity index (χ1v) is 9.23. The van der Waals surface area contributed by atoms with Crippen LogP contribution in [0.5, 0.6) is 0 Å². The van der Waals surface area contributed by atoms with Crippen molar-refractivity contribution in [3.8, 4) is 0 Å². The van der Waals surface area contributed by atoms with Gasteiger partial charge in [0.2, 0.25) is 0 Å². The van der Waals surface area contributed by atoms with E-state index in [0.29, 0.717) is 0 Å². The van der Waals surface area contributed by atoms with Gasteiger partial charge in [-0.15, -0.1) is 0 Å². The maximum atomic E-state index is 11.3. The van der Waals surface area contributed by atoms with Crippen molar-refractivity contribution in [2.24, 2.45) is 22.7 Å². The van der Waals surface area contributed by atoms with E-state index >= 15 is 0 Å². The third kappa shape index (κ3) is 3.22. The van der Waals surface area contributed by atoms with E-state index in [4.69, 9.17) is 5.73 Å². The normalized spacial score (nSPS) is 27.6. The summed E-state index contributed by atoms with van der Waals surface area (Å²) in [6.07, 6.45) is 3.28. The van der Waals surface area contributed by atoms with Crippen LogP contribution in [0.25, 0.3) is 0 Å². The van der Waals surface area contributed by atoms with E-state index < -0.39 is 6.03 Å². The van der Waals surface area contributed by atoms with E-state index in [2.05, 4.69) is 64.4 Å². The summed E-state index contributed by atoms with van der Waals surface area (Å²) in [6, 6.07) is 20.7. The lowest BCUT2D eigenvalue weighted by molar-refractivity contribution is 0.230. The SMILES string of the molecule is NC(=O)NN=C1[C@H]2CCC[C@H]1[C@@H](c1ccccc1)N[C@@H]2c1ccccc1. The van der Waals surface area contributed by atoms with Crippen LogP contribution in [0.3, 0.4) is 0 Å². The fourth-order valence-electron chi connectivity index (χ4n) is 4.49. The van der Waals surface area contributed by atoms with Gasteiger partial charge in [-0.25, -0.2) is 10.2 Å². The van der Waals surface area contributed by atoms with Crippen LogP contribution in [-0.2, 0) is 0 Å². The molecule has 2 bridgehead atoms. The number of nitrogens with zero attached hydrogens (tertiary/aromatic N) is 1. The molecule has 26 heavy (non-hydrogen) atoms. The number of primary amides is 1. The zero-order chi connectivity index (χ0) is 17.9. The number of hydrazone groups is 1. The Labute approximate surface area is 153 Å². The maximum Gasteiger partial charge on any atom is 0.332 e. The van der Waals surface area contributed by atoms with Gasteiger partial charge in [-0.05, 0) is 24.0 Å². The van der Waals surface area contributed by atoms with Crippen molar-refractivity contribution in [3.63, 3.8) is 0 Å². The highest BCUT2D eigenvalue weighted by atomic mass is 16.2. The molecule has 0 unspecified atom stereocenters. The molecule has 0 spiro atoms. The molecule has 0 radical (unpaired) electrons. The summed E-state index contributed by atoms with van der Waals surface area (Å²) < 4.78 is 0. The standard InChI is InChI=1S/C21H24N4O/c22-21(26)25-24-20-16-12-7-13-17(20)19(15-10-5-2-6-11-15)23-18(16)14-8-3-1-4-9-14/h1-6,8-11,16-19,23H,7,12-13H2,(H3,22,25,26)/t16-,17-,18+,19+/m0/s1. The fraction of sp³-hybridized carbons (Fsp3) is 0.333. The van der Waals surface area contributed by atoms with Crippen LogP contribution in [-0.4, -0.2) is 11.7 Å². The van der Waals surface area contributed by atoms with Crippen LogP contribution in [0.1, 0.15) is 42.5 Å². The van der Waals surface area contributed by atoms with Gasteiger partial charge in [0.1, 0.15) is 0 Å². The smallest absolute Gasteiger partial charge is 0.332 e. The Morgan fingerprint density at radius 3 is 1.88 bits per heavy atom. The van der Waals surface area contributed by atoms with Gasteiger partial charge in [-0.3, -0.25) is 0 Å². The van der Waals surface area contributed by atoms with Gasteiger partial charge in [0.25, 0.3) is 0 Å². The van der Waals surface area contributed by atoms with E-state index in [-0.39, 0.29) is 23.9 Å². The number of hydrogen-bond acceptors (Lipinski definition) is 3. The Kier molecular flexibility index (Phi) is 4.71. The largest absolute Gasteiger partial charge is 0.350 e. The molecule has 1 aliphatic carbocycles. The van der Waals surface area contributed by atoms with Gasteiger partial charge in [-0.2, -0.15) is 5.10 Å². The number of amides is 2. The number of carbonyl (C=O) groups is 1. The molecule has 1 saturated heterocycles. The molecule has 4 atom stereocenters. The molecule has 1 saturated carbocycles. The Morgan fingerprint density at radius 2 is 1.42 bits per heavy atom. The Morgan fingerprint density at radius 1 is 0.923 bits per heavy atom. The van der Waals surface area contributed by atoms with Crippen molar-refractivity contribution >= 4 is 11.7 Å². The van der Waals surface area contributed by atoms with Gasteiger partial charge >= 0.3 is 6.03 Å². The van der Waals surface area contributed by atoms with E-state index in [1.807, 2.05) is 12.1 Å². The number of carbonyl (C=O) groups excluding carboxylic acids is 1. The summed E-state index contributed by atoms with van der Waals surface area (Å²) in [7, 11) is 0. The van der Waals surface area contributed by atoms with Crippen molar-refractivity contribution in [1.29, 1.82) is 0 Å². The highest BCUT2D eigenvalue weighted by Gasteiger charge is 2.45. The monoisotopic (exact) mass is 348 g/mol. The number of rotatable bonds is 3. The lowest BCUT2D eigenvalue weighted by atomic mass is 9.67. The number of nitrogens with two attached hydrogens (primary N) is 1. The minimum Gasteiger partial charge on any atom is -0.350 e.